The van der Waals surface area contributed by atoms with E-state index in [1.165, 1.54) is 0 Å². The lowest BCUT2D eigenvalue weighted by atomic mass is 9.74. The molecule has 1 fully saturated rings. The summed E-state index contributed by atoms with van der Waals surface area (Å²) >= 11 is 6.27. The van der Waals surface area contributed by atoms with Crippen LogP contribution in [0.2, 0.25) is 5.02 Å². The molecule has 1 saturated heterocycles. The third kappa shape index (κ3) is 3.92. The van der Waals surface area contributed by atoms with Crippen LogP contribution >= 0.6 is 11.6 Å². The van der Waals surface area contributed by atoms with Crippen LogP contribution in [0.4, 0.5) is 10.5 Å². The predicted octanol–water partition coefficient (Wildman–Crippen LogP) is 4.32. The van der Waals surface area contributed by atoms with Crippen LogP contribution < -0.4 is 10.2 Å². The van der Waals surface area contributed by atoms with Crippen molar-refractivity contribution in [3.63, 3.8) is 0 Å². The van der Waals surface area contributed by atoms with Gasteiger partial charge in [-0.2, -0.15) is 0 Å². The number of pyridine rings is 1. The molecule has 5 rings (SSSR count). The maximum Gasteiger partial charge on any atom is 0.317 e. The first-order valence-corrected chi connectivity index (χ1v) is 12.3. The molecule has 0 saturated carbocycles. The van der Waals surface area contributed by atoms with Crippen molar-refractivity contribution in [1.82, 2.24) is 19.8 Å². The number of carbonyl (C=O) groups excluding carboxylic acids is 2. The Bertz CT molecular complexity index is 1330. The second kappa shape index (κ2) is 9.27. The summed E-state index contributed by atoms with van der Waals surface area (Å²) in [6.07, 6.45) is 11.7. The third-order valence-electron chi connectivity index (χ3n) is 7.35. The Balaban J connectivity index is 1.50. The number of carbonyl (C=O) groups is 2. The van der Waals surface area contributed by atoms with E-state index in [9.17, 15) is 9.59 Å². The molecule has 0 bridgehead atoms. The maximum absolute atomic E-state index is 14.1. The molecule has 7 nitrogen and oxygen atoms in total. The van der Waals surface area contributed by atoms with E-state index in [0.29, 0.717) is 43.9 Å². The van der Waals surface area contributed by atoms with Crippen LogP contribution in [0.5, 0.6) is 0 Å². The van der Waals surface area contributed by atoms with Gasteiger partial charge in [0.25, 0.3) is 0 Å². The van der Waals surface area contributed by atoms with Crippen LogP contribution in [0.25, 0.3) is 10.9 Å². The molecule has 3 amide bonds. The van der Waals surface area contributed by atoms with E-state index in [1.54, 1.807) is 24.3 Å². The molecule has 2 aromatic heterocycles. The molecule has 4 heterocycles. The quantitative estimate of drug-likeness (QED) is 0.428. The number of nitrogens with zero attached hydrogens (tertiary/aromatic N) is 4. The van der Waals surface area contributed by atoms with Gasteiger partial charge in [0, 0.05) is 60.9 Å². The number of aromatic nitrogens is 2. The zero-order valence-corrected chi connectivity index (χ0v) is 20.5. The number of terminal acetylenes is 1. The van der Waals surface area contributed by atoms with Crippen LogP contribution in [-0.2, 0) is 23.3 Å². The summed E-state index contributed by atoms with van der Waals surface area (Å²) in [4.78, 5) is 34.2. The Labute approximate surface area is 210 Å². The highest BCUT2D eigenvalue weighted by Gasteiger charge is 2.52. The van der Waals surface area contributed by atoms with E-state index in [2.05, 4.69) is 26.9 Å². The van der Waals surface area contributed by atoms with E-state index in [4.69, 9.17) is 18.0 Å². The van der Waals surface area contributed by atoms with Crippen LogP contribution in [0.15, 0.2) is 42.7 Å². The third-order valence-corrected chi connectivity index (χ3v) is 7.59. The van der Waals surface area contributed by atoms with Crippen molar-refractivity contribution in [3.05, 3.63) is 59.0 Å². The molecule has 35 heavy (non-hydrogen) atoms. The molecule has 1 N–H and O–H groups in total. The second-order valence-corrected chi connectivity index (χ2v) is 9.64. The van der Waals surface area contributed by atoms with Gasteiger partial charge >= 0.3 is 6.03 Å². The highest BCUT2D eigenvalue weighted by Crippen LogP contribution is 2.48. The van der Waals surface area contributed by atoms with Gasteiger partial charge in [0.1, 0.15) is 0 Å². The fraction of sp³-hybridized carbons (Fsp3) is 0.370. The number of hydrogen-bond donors (Lipinski definition) is 1. The summed E-state index contributed by atoms with van der Waals surface area (Å²) < 4.78 is 2.24. The topological polar surface area (TPSA) is 70.5 Å². The van der Waals surface area contributed by atoms with Crippen molar-refractivity contribution in [2.75, 3.05) is 25.0 Å². The summed E-state index contributed by atoms with van der Waals surface area (Å²) in [5, 5.41) is 4.41. The first-order chi connectivity index (χ1) is 17.0. The van der Waals surface area contributed by atoms with Gasteiger partial charge in [-0.25, -0.2) is 4.79 Å². The van der Waals surface area contributed by atoms with Crippen LogP contribution in [0.3, 0.4) is 0 Å². The zero-order valence-electron chi connectivity index (χ0n) is 19.8. The van der Waals surface area contributed by atoms with Gasteiger partial charge in [0.05, 0.1) is 23.8 Å². The summed E-state index contributed by atoms with van der Waals surface area (Å²) in [5.41, 5.74) is 3.33. The van der Waals surface area contributed by atoms with Crippen molar-refractivity contribution in [2.45, 2.75) is 44.2 Å². The molecule has 2 aliphatic rings. The number of urea groups is 1. The number of benzene rings is 1. The molecular formula is C27H28ClN5O2. The Morgan fingerprint density at radius 1 is 1.26 bits per heavy atom. The highest BCUT2D eigenvalue weighted by molar-refractivity contribution is 6.31. The Hall–Kier alpha value is -3.50. The average Bonchev–Trinajstić information content (AvgIpc) is 3.32. The number of anilines is 1. The monoisotopic (exact) mass is 489 g/mol. The molecule has 8 heteroatoms. The number of fused-ring (bicyclic) bond motifs is 3. The summed E-state index contributed by atoms with van der Waals surface area (Å²) in [6, 6.07) is 9.84. The Morgan fingerprint density at radius 3 is 2.80 bits per heavy atom. The SMILES string of the molecule is C#CCCCn1c(CN2C(=O)C3(CCN(C(=O)NC)CC3)c3ccncc32)cc2cc(Cl)ccc21. The normalized spacial score (nSPS) is 16.5. The minimum atomic E-state index is -0.633. The van der Waals surface area contributed by atoms with E-state index in [-0.39, 0.29) is 11.9 Å². The summed E-state index contributed by atoms with van der Waals surface area (Å²) in [5.74, 6) is 2.79. The average molecular weight is 490 g/mol. The van der Waals surface area contributed by atoms with Gasteiger partial charge < -0.3 is 19.7 Å². The standard InChI is InChI=1S/C27H28ClN5O2/c1-3-4-5-12-32-21(16-19-15-20(28)6-7-23(19)32)18-33-24-17-30-11-8-22(24)27(25(33)34)9-13-31(14-10-27)26(35)29-2/h1,6-8,11,15-17H,4-5,9-10,12-14,18H2,2H3,(H,29,35). The van der Waals surface area contributed by atoms with Crippen molar-refractivity contribution in [1.29, 1.82) is 0 Å². The number of halogens is 1. The van der Waals surface area contributed by atoms with Gasteiger partial charge in [0.15, 0.2) is 0 Å². The van der Waals surface area contributed by atoms with Gasteiger partial charge in [-0.1, -0.05) is 11.6 Å². The number of nitrogens with one attached hydrogen (secondary N) is 1. The summed E-state index contributed by atoms with van der Waals surface area (Å²) in [6.45, 7) is 2.26. The molecule has 180 valence electrons. The molecule has 0 aliphatic carbocycles. The molecular weight excluding hydrogens is 462 g/mol. The van der Waals surface area contributed by atoms with Crippen LogP contribution in [0.1, 0.15) is 36.9 Å². The molecule has 2 aliphatic heterocycles. The summed E-state index contributed by atoms with van der Waals surface area (Å²) in [7, 11) is 1.63. The Kier molecular flexibility index (Phi) is 6.16. The number of aryl methyl sites for hydroxylation is 1. The first-order valence-electron chi connectivity index (χ1n) is 11.9. The predicted molar refractivity (Wildman–Crippen MR) is 137 cm³/mol. The minimum Gasteiger partial charge on any atom is -0.343 e. The zero-order chi connectivity index (χ0) is 24.6. The molecule has 3 aromatic rings. The number of hydrogen-bond acceptors (Lipinski definition) is 3. The fourth-order valence-electron chi connectivity index (χ4n) is 5.57. The molecule has 1 aromatic carbocycles. The molecule has 0 radical (unpaired) electrons. The lowest BCUT2D eigenvalue weighted by molar-refractivity contribution is -0.124. The molecule has 0 unspecified atom stereocenters. The molecule has 1 spiro atoms. The van der Waals surface area contributed by atoms with Gasteiger partial charge in [-0.15, -0.1) is 12.3 Å². The number of amides is 3. The van der Waals surface area contributed by atoms with Crippen LogP contribution in [-0.4, -0.2) is 46.5 Å². The first kappa shape index (κ1) is 23.3. The van der Waals surface area contributed by atoms with Crippen LogP contribution in [0, 0.1) is 12.3 Å². The van der Waals surface area contributed by atoms with Crippen molar-refractivity contribution < 1.29 is 9.59 Å². The second-order valence-electron chi connectivity index (χ2n) is 9.21. The largest absolute Gasteiger partial charge is 0.343 e. The Morgan fingerprint density at radius 2 is 2.06 bits per heavy atom. The highest BCUT2D eigenvalue weighted by atomic mass is 35.5. The number of likely N-dealkylation sites (tertiary alicyclic amines) is 1. The van der Waals surface area contributed by atoms with E-state index >= 15 is 0 Å². The smallest absolute Gasteiger partial charge is 0.317 e. The number of unbranched alkanes of at least 4 members (excludes halogenated alkanes) is 1. The van der Waals surface area contributed by atoms with E-state index in [1.807, 2.05) is 29.2 Å². The van der Waals surface area contributed by atoms with Crippen molar-refractivity contribution in [2.24, 2.45) is 0 Å². The van der Waals surface area contributed by atoms with Crippen molar-refractivity contribution in [3.8, 4) is 12.3 Å². The number of rotatable bonds is 5. The van der Waals surface area contributed by atoms with E-state index < -0.39 is 5.41 Å². The minimum absolute atomic E-state index is 0.0792. The number of piperidine rings is 1. The lowest BCUT2D eigenvalue weighted by Crippen LogP contribution is -2.51. The van der Waals surface area contributed by atoms with E-state index in [0.717, 1.165) is 40.8 Å². The fourth-order valence-corrected chi connectivity index (χ4v) is 5.75. The van der Waals surface area contributed by atoms with Crippen molar-refractivity contribution >= 4 is 40.1 Å². The molecule has 0 atom stereocenters. The van der Waals surface area contributed by atoms with Gasteiger partial charge in [-0.3, -0.25) is 9.78 Å². The lowest BCUT2D eigenvalue weighted by Gasteiger charge is -2.38. The van der Waals surface area contributed by atoms with Gasteiger partial charge in [0.2, 0.25) is 5.91 Å². The maximum atomic E-state index is 14.1. The van der Waals surface area contributed by atoms with Gasteiger partial charge in [-0.05, 0) is 55.2 Å².